The number of aliphatic hydroxyl groups is 1. The Hall–Kier alpha value is -3.46. The van der Waals surface area contributed by atoms with Gasteiger partial charge in [-0.05, 0) is 61.4 Å². The van der Waals surface area contributed by atoms with Crippen LogP contribution in [-0.4, -0.2) is 45.6 Å². The van der Waals surface area contributed by atoms with Crippen LogP contribution in [0.2, 0.25) is 0 Å². The number of unbranched alkanes of at least 4 members (excludes halogenated alkanes) is 1. The summed E-state index contributed by atoms with van der Waals surface area (Å²) in [7, 11) is 0. The van der Waals surface area contributed by atoms with Crippen molar-refractivity contribution in [2.24, 2.45) is 0 Å². The van der Waals surface area contributed by atoms with Crippen molar-refractivity contribution in [3.05, 3.63) is 95.8 Å². The summed E-state index contributed by atoms with van der Waals surface area (Å²) in [4.78, 5) is 2.11. The molecule has 0 aliphatic heterocycles. The monoisotopic (exact) mass is 521 g/mol. The second-order valence-corrected chi connectivity index (χ2v) is 9.22. The number of furan rings is 1. The number of para-hydroxylation sites is 1. The molecule has 7 nitrogen and oxygen atoms in total. The average Bonchev–Trinajstić information content (AvgIpc) is 3.56. The minimum absolute atomic E-state index is 0.261. The highest BCUT2D eigenvalue weighted by atomic mass is 19.1. The van der Waals surface area contributed by atoms with Crippen LogP contribution in [0, 0.1) is 5.82 Å². The zero-order chi connectivity index (χ0) is 26.7. The van der Waals surface area contributed by atoms with E-state index in [2.05, 4.69) is 11.8 Å². The van der Waals surface area contributed by atoms with E-state index in [1.165, 1.54) is 12.1 Å². The standard InChI is InChI=1S/C30H36FN3O4/c1-3-5-17-36-22-25(35)19-33(20-27-12-9-18-37-27)21-28-29(4-2)32-34(24-15-13-23(31)14-16-24)30(28)38-26-10-7-6-8-11-26/h6-16,18,25,35H,3-5,17,19-22H2,1-2H3. The molecule has 0 radical (unpaired) electrons. The van der Waals surface area contributed by atoms with Crippen LogP contribution >= 0.6 is 0 Å². The lowest BCUT2D eigenvalue weighted by Crippen LogP contribution is -2.34. The Labute approximate surface area is 223 Å². The molecule has 2 aromatic carbocycles. The Bertz CT molecular complexity index is 1230. The molecule has 0 fully saturated rings. The number of nitrogens with zero attached hydrogens (tertiary/aromatic N) is 3. The molecule has 0 saturated heterocycles. The fourth-order valence-corrected chi connectivity index (χ4v) is 4.23. The van der Waals surface area contributed by atoms with Crippen molar-refractivity contribution in [3.63, 3.8) is 0 Å². The molecule has 0 bridgehead atoms. The molecule has 0 amide bonds. The normalized spacial score (nSPS) is 12.2. The Morgan fingerprint density at radius 3 is 2.50 bits per heavy atom. The molecule has 4 rings (SSSR count). The second kappa shape index (κ2) is 13.9. The third-order valence-corrected chi connectivity index (χ3v) is 6.15. The van der Waals surface area contributed by atoms with Gasteiger partial charge in [0.05, 0.1) is 42.5 Å². The summed E-state index contributed by atoms with van der Waals surface area (Å²) >= 11 is 0. The Balaban J connectivity index is 1.66. The highest BCUT2D eigenvalue weighted by Gasteiger charge is 2.24. The number of ether oxygens (including phenoxy) is 2. The van der Waals surface area contributed by atoms with Crippen LogP contribution in [-0.2, 0) is 24.2 Å². The van der Waals surface area contributed by atoms with E-state index >= 15 is 0 Å². The van der Waals surface area contributed by atoms with Crippen LogP contribution in [0.3, 0.4) is 0 Å². The van der Waals surface area contributed by atoms with Crippen LogP contribution in [0.1, 0.15) is 43.7 Å². The van der Waals surface area contributed by atoms with Crippen LogP contribution in [0.4, 0.5) is 4.39 Å². The van der Waals surface area contributed by atoms with Gasteiger partial charge in [0.15, 0.2) is 0 Å². The van der Waals surface area contributed by atoms with Gasteiger partial charge in [-0.1, -0.05) is 38.5 Å². The van der Waals surface area contributed by atoms with E-state index in [0.717, 1.165) is 29.9 Å². The van der Waals surface area contributed by atoms with E-state index in [-0.39, 0.29) is 12.4 Å². The number of aryl methyl sites for hydroxylation is 1. The Morgan fingerprint density at radius 2 is 1.82 bits per heavy atom. The third-order valence-electron chi connectivity index (χ3n) is 6.15. The van der Waals surface area contributed by atoms with Crippen LogP contribution in [0.25, 0.3) is 5.69 Å². The average molecular weight is 522 g/mol. The third kappa shape index (κ3) is 7.54. The quantitative estimate of drug-likeness (QED) is 0.190. The number of hydrogen-bond acceptors (Lipinski definition) is 6. The van der Waals surface area contributed by atoms with E-state index < -0.39 is 6.10 Å². The molecule has 0 spiro atoms. The van der Waals surface area contributed by atoms with Gasteiger partial charge in [-0.2, -0.15) is 5.10 Å². The summed E-state index contributed by atoms with van der Waals surface area (Å²) in [5.74, 6) is 1.69. The summed E-state index contributed by atoms with van der Waals surface area (Å²) < 4.78 is 33.1. The molecular formula is C30H36FN3O4. The van der Waals surface area contributed by atoms with Crippen molar-refractivity contribution in [1.82, 2.24) is 14.7 Å². The van der Waals surface area contributed by atoms with Crippen molar-refractivity contribution in [2.75, 3.05) is 19.8 Å². The summed E-state index contributed by atoms with van der Waals surface area (Å²) in [5.41, 5.74) is 2.45. The Kier molecular flexibility index (Phi) is 10.1. The fourth-order valence-electron chi connectivity index (χ4n) is 4.23. The predicted octanol–water partition coefficient (Wildman–Crippen LogP) is 6.14. The molecule has 1 atom stereocenters. The van der Waals surface area contributed by atoms with Crippen molar-refractivity contribution < 1.29 is 23.4 Å². The zero-order valence-electron chi connectivity index (χ0n) is 22.1. The fraction of sp³-hybridized carbons (Fsp3) is 0.367. The number of aliphatic hydroxyl groups excluding tert-OH is 1. The molecule has 8 heteroatoms. The molecule has 0 aliphatic rings. The molecule has 1 unspecified atom stereocenters. The molecule has 0 saturated carbocycles. The Morgan fingerprint density at radius 1 is 1.03 bits per heavy atom. The van der Waals surface area contributed by atoms with Crippen molar-refractivity contribution in [1.29, 1.82) is 0 Å². The highest BCUT2D eigenvalue weighted by molar-refractivity contribution is 5.44. The van der Waals surface area contributed by atoms with Gasteiger partial charge in [-0.15, -0.1) is 0 Å². The molecule has 202 valence electrons. The first-order valence-electron chi connectivity index (χ1n) is 13.2. The van der Waals surface area contributed by atoms with Gasteiger partial charge in [0.2, 0.25) is 5.88 Å². The summed E-state index contributed by atoms with van der Waals surface area (Å²) in [5, 5.41) is 15.6. The molecule has 38 heavy (non-hydrogen) atoms. The first-order valence-corrected chi connectivity index (χ1v) is 13.2. The lowest BCUT2D eigenvalue weighted by molar-refractivity contribution is 0.0116. The molecule has 4 aromatic rings. The molecule has 0 aliphatic carbocycles. The topological polar surface area (TPSA) is 72.9 Å². The number of hydrogen-bond donors (Lipinski definition) is 1. The van der Waals surface area contributed by atoms with Crippen molar-refractivity contribution in [2.45, 2.75) is 52.3 Å². The van der Waals surface area contributed by atoms with Gasteiger partial charge in [0.25, 0.3) is 0 Å². The molecule has 2 aromatic heterocycles. The first-order chi connectivity index (χ1) is 18.6. The SMILES string of the molecule is CCCCOCC(O)CN(Cc1ccco1)Cc1c(CC)nn(-c2ccc(F)cc2)c1Oc1ccccc1. The summed E-state index contributed by atoms with van der Waals surface area (Å²) in [6.07, 6.45) is 3.66. The second-order valence-electron chi connectivity index (χ2n) is 9.22. The van der Waals surface area contributed by atoms with Crippen LogP contribution < -0.4 is 4.74 Å². The van der Waals surface area contributed by atoms with Gasteiger partial charge in [-0.25, -0.2) is 9.07 Å². The van der Waals surface area contributed by atoms with E-state index in [1.54, 1.807) is 23.1 Å². The van der Waals surface area contributed by atoms with E-state index in [1.807, 2.05) is 49.4 Å². The maximum Gasteiger partial charge on any atom is 0.227 e. The number of aromatic nitrogens is 2. The van der Waals surface area contributed by atoms with Crippen LogP contribution in [0.5, 0.6) is 11.6 Å². The highest BCUT2D eigenvalue weighted by Crippen LogP contribution is 2.32. The summed E-state index contributed by atoms with van der Waals surface area (Å²) in [6, 6.07) is 19.5. The van der Waals surface area contributed by atoms with Gasteiger partial charge >= 0.3 is 0 Å². The number of rotatable bonds is 15. The van der Waals surface area contributed by atoms with Gasteiger partial charge < -0.3 is 19.0 Å². The van der Waals surface area contributed by atoms with Gasteiger partial charge in [0.1, 0.15) is 17.3 Å². The molecular weight excluding hydrogens is 485 g/mol. The van der Waals surface area contributed by atoms with Crippen molar-refractivity contribution in [3.8, 4) is 17.3 Å². The minimum Gasteiger partial charge on any atom is -0.468 e. The van der Waals surface area contributed by atoms with Gasteiger partial charge in [-0.3, -0.25) is 4.90 Å². The van der Waals surface area contributed by atoms with E-state index in [9.17, 15) is 9.50 Å². The van der Waals surface area contributed by atoms with Crippen LogP contribution in [0.15, 0.2) is 77.4 Å². The lowest BCUT2D eigenvalue weighted by Gasteiger charge is -2.25. The minimum atomic E-state index is -0.669. The van der Waals surface area contributed by atoms with E-state index in [0.29, 0.717) is 50.0 Å². The predicted molar refractivity (Wildman–Crippen MR) is 144 cm³/mol. The van der Waals surface area contributed by atoms with E-state index in [4.69, 9.17) is 19.0 Å². The smallest absolute Gasteiger partial charge is 0.227 e. The zero-order valence-corrected chi connectivity index (χ0v) is 22.1. The molecule has 1 N–H and O–H groups in total. The maximum absolute atomic E-state index is 13.7. The molecule has 2 heterocycles. The van der Waals surface area contributed by atoms with Gasteiger partial charge in [0, 0.05) is 19.7 Å². The maximum atomic E-state index is 13.7. The lowest BCUT2D eigenvalue weighted by atomic mass is 10.1. The number of halogens is 1. The number of benzene rings is 2. The van der Waals surface area contributed by atoms with Crippen molar-refractivity contribution >= 4 is 0 Å². The summed E-state index contributed by atoms with van der Waals surface area (Å²) in [6.45, 7) is 6.37. The largest absolute Gasteiger partial charge is 0.468 e. The first kappa shape index (κ1) is 27.6.